The molecule has 0 amide bonds. The van der Waals surface area contributed by atoms with Crippen molar-refractivity contribution in [2.75, 3.05) is 0 Å². The normalized spacial score (nSPS) is 12.2. The fraction of sp³-hybridized carbons (Fsp3) is 0. The summed E-state index contributed by atoms with van der Waals surface area (Å²) in [5, 5.41) is 3.87. The highest BCUT2D eigenvalue weighted by molar-refractivity contribution is 9.14. The summed E-state index contributed by atoms with van der Waals surface area (Å²) in [6.45, 7) is 0. The summed E-state index contributed by atoms with van der Waals surface area (Å²) in [4.78, 5) is 37.2. The topological polar surface area (TPSA) is 109 Å². The lowest BCUT2D eigenvalue weighted by Gasteiger charge is -2.08. The first-order chi connectivity index (χ1) is 24.3. The van der Waals surface area contributed by atoms with Crippen LogP contribution < -0.4 is 0 Å². The van der Waals surface area contributed by atoms with Crippen LogP contribution in [0.2, 0.25) is 10.0 Å². The molecule has 0 spiro atoms. The Morgan fingerprint density at radius 1 is 0.392 bits per heavy atom. The van der Waals surface area contributed by atoms with Crippen LogP contribution in [0.3, 0.4) is 0 Å². The monoisotopic (exact) mass is 1280 g/mol. The molecule has 7 aromatic rings. The fourth-order valence-electron chi connectivity index (χ4n) is 5.96. The van der Waals surface area contributed by atoms with E-state index in [4.69, 9.17) is 53.1 Å². The van der Waals surface area contributed by atoms with E-state index in [0.717, 1.165) is 53.0 Å². The summed E-state index contributed by atoms with van der Waals surface area (Å²) in [6.07, 6.45) is 0. The van der Waals surface area contributed by atoms with Crippen molar-refractivity contribution in [1.29, 1.82) is 0 Å². The first-order valence-corrected chi connectivity index (χ1v) is 22.0. The van der Waals surface area contributed by atoms with Gasteiger partial charge in [-0.25, -0.2) is 29.9 Å². The Morgan fingerprint density at radius 2 is 0.843 bits per heavy atom. The van der Waals surface area contributed by atoms with E-state index in [1.807, 2.05) is 30.3 Å². The minimum absolute atomic E-state index is 0.337. The number of aromatic nitrogens is 8. The van der Waals surface area contributed by atoms with Gasteiger partial charge in [-0.2, -0.15) is 0 Å². The maximum absolute atomic E-state index is 7.03. The first kappa shape index (κ1) is 35.8. The number of benzene rings is 4. The van der Waals surface area contributed by atoms with Crippen molar-refractivity contribution in [3.63, 3.8) is 0 Å². The highest BCUT2D eigenvalue weighted by Gasteiger charge is 2.30. The molecule has 8 nitrogen and oxygen atoms in total. The largest absolute Gasteiger partial charge is 0.324 e. The van der Waals surface area contributed by atoms with E-state index in [1.54, 1.807) is 0 Å². The summed E-state index contributed by atoms with van der Waals surface area (Å²) < 4.78 is 6.82. The third kappa shape index (κ3) is 5.64. The minimum atomic E-state index is 0.337. The molecule has 0 atom stereocenters. The predicted molar refractivity (Wildman–Crippen MR) is 235 cm³/mol. The van der Waals surface area contributed by atoms with Gasteiger partial charge in [-0.15, -0.1) is 0 Å². The van der Waals surface area contributed by atoms with E-state index in [1.165, 1.54) is 0 Å². The second kappa shape index (κ2) is 13.1. The summed E-state index contributed by atoms with van der Waals surface area (Å²) in [7, 11) is 0. The van der Waals surface area contributed by atoms with Gasteiger partial charge in [0, 0.05) is 69.5 Å². The van der Waals surface area contributed by atoms with Gasteiger partial charge in [-0.1, -0.05) is 23.2 Å². The summed E-state index contributed by atoms with van der Waals surface area (Å²) >= 11 is 47.0. The highest BCUT2D eigenvalue weighted by atomic mass is 79.9. The molecule has 0 fully saturated rings. The Labute approximate surface area is 371 Å². The molecule has 5 heterocycles. The van der Waals surface area contributed by atoms with E-state index in [0.29, 0.717) is 87.0 Å². The van der Waals surface area contributed by atoms with Crippen LogP contribution in [0.4, 0.5) is 0 Å². The Hall–Kier alpha value is -0.860. The molecule has 0 radical (unpaired) electrons. The maximum atomic E-state index is 7.03. The van der Waals surface area contributed by atoms with Gasteiger partial charge in [0.2, 0.25) is 0 Å². The number of hydrogen-bond donors (Lipinski definition) is 2. The zero-order chi connectivity index (χ0) is 35.8. The number of fused-ring (bicyclic) bond motifs is 20. The Kier molecular flexibility index (Phi) is 9.22. The van der Waals surface area contributed by atoms with E-state index < -0.39 is 0 Å². The van der Waals surface area contributed by atoms with Crippen LogP contribution in [0.15, 0.2) is 70.6 Å². The molecule has 0 saturated carbocycles. The number of H-pyrrole nitrogens is 2. The molecule has 252 valence electrons. The average Bonchev–Trinajstić information content (AvgIpc) is 3.80. The average molecular weight is 1290 g/mol. The second-order valence-electron chi connectivity index (χ2n) is 11.1. The Bertz CT molecular complexity index is 2970. The predicted octanol–water partition coefficient (Wildman–Crippen LogP) is 15.0. The van der Waals surface area contributed by atoms with Gasteiger partial charge in [-0.05, 0) is 174 Å². The van der Waals surface area contributed by atoms with Gasteiger partial charge in [0.25, 0.3) is 0 Å². The Balaban J connectivity index is 1.55. The van der Waals surface area contributed by atoms with Crippen LogP contribution in [-0.2, 0) is 0 Å². The van der Waals surface area contributed by atoms with Gasteiger partial charge in [0.15, 0.2) is 23.3 Å². The van der Waals surface area contributed by atoms with Gasteiger partial charge in [0.1, 0.15) is 22.6 Å². The molecular formula is C32H7Br9Cl2N8. The molecule has 9 rings (SSSR count). The molecule has 19 heteroatoms. The van der Waals surface area contributed by atoms with Crippen LogP contribution in [0.5, 0.6) is 0 Å². The molecule has 2 N–H and O–H groups in total. The van der Waals surface area contributed by atoms with Crippen molar-refractivity contribution in [3.8, 4) is 45.6 Å². The molecule has 2 aliphatic rings. The number of aromatic amines is 2. The van der Waals surface area contributed by atoms with Crippen molar-refractivity contribution < 1.29 is 0 Å². The van der Waals surface area contributed by atoms with Crippen LogP contribution in [-0.4, -0.2) is 39.9 Å². The van der Waals surface area contributed by atoms with Gasteiger partial charge in [0.05, 0.1) is 24.6 Å². The molecule has 0 aliphatic carbocycles. The minimum Gasteiger partial charge on any atom is -0.324 e. The van der Waals surface area contributed by atoms with Crippen molar-refractivity contribution in [2.45, 2.75) is 0 Å². The SMILES string of the molecule is Clc1c(Br)c(Br)cc2c1-c1nc-2nc2[nH]c(nc3[nH]c(nc4nc(n1)-c1c-4cc(Br)c(Br)c1Br)c1cc(Br)c(Br)c(Cl)c31)c1cc(Br)c(Br)cc21. The van der Waals surface area contributed by atoms with Crippen LogP contribution >= 0.6 is 167 Å². The highest BCUT2D eigenvalue weighted by Crippen LogP contribution is 2.49. The molecule has 8 bridgehead atoms. The molecule has 51 heavy (non-hydrogen) atoms. The lowest BCUT2D eigenvalue weighted by Crippen LogP contribution is -1.89. The second-order valence-corrected chi connectivity index (χ2v) is 19.3. The molecule has 4 aromatic carbocycles. The maximum Gasteiger partial charge on any atom is 0.166 e. The standard InChI is InChI=1S/C32H7Br9Cl2N8/c33-11-1-6-7(2-12(11)34)26-44-25(6)45-28-10-5-15(37)21(40)24(43)18(10)32(50-28)51-30-16-8(3-13(35)19(38)22(16)41)27(48-30)46-29-9-4-14(36)20(39)23(42)17(9)31(47-26)49-29/h1-5H,(H2,44,45,46,47,48,49,50,51). The zero-order valence-electron chi connectivity index (χ0n) is 24.2. The summed E-state index contributed by atoms with van der Waals surface area (Å²) in [5.74, 6) is 1.52. The van der Waals surface area contributed by atoms with Gasteiger partial charge < -0.3 is 9.97 Å². The van der Waals surface area contributed by atoms with Crippen molar-refractivity contribution in [2.24, 2.45) is 0 Å². The van der Waals surface area contributed by atoms with Crippen LogP contribution in [0.1, 0.15) is 0 Å². The lowest BCUT2D eigenvalue weighted by molar-refractivity contribution is 1.16. The van der Waals surface area contributed by atoms with Crippen molar-refractivity contribution >= 4 is 211 Å². The number of hydrogen-bond acceptors (Lipinski definition) is 6. The number of rotatable bonds is 0. The van der Waals surface area contributed by atoms with Crippen molar-refractivity contribution in [3.05, 3.63) is 80.6 Å². The Morgan fingerprint density at radius 3 is 1.49 bits per heavy atom. The van der Waals surface area contributed by atoms with E-state index in [9.17, 15) is 0 Å². The van der Waals surface area contributed by atoms with Crippen LogP contribution in [0, 0.1) is 0 Å². The lowest BCUT2D eigenvalue weighted by atomic mass is 10.1. The van der Waals surface area contributed by atoms with Gasteiger partial charge in [-0.3, -0.25) is 0 Å². The van der Waals surface area contributed by atoms with Crippen LogP contribution in [0.25, 0.3) is 89.7 Å². The molecule has 0 saturated heterocycles. The van der Waals surface area contributed by atoms with Crippen molar-refractivity contribution in [1.82, 2.24) is 39.9 Å². The summed E-state index contributed by atoms with van der Waals surface area (Å²) in [5.41, 5.74) is 4.76. The number of nitrogens with one attached hydrogen (secondary N) is 2. The smallest absolute Gasteiger partial charge is 0.166 e. The third-order valence-electron chi connectivity index (χ3n) is 8.25. The summed E-state index contributed by atoms with van der Waals surface area (Å²) in [6, 6.07) is 9.75. The zero-order valence-corrected chi connectivity index (χ0v) is 40.0. The molecule has 0 unspecified atom stereocenters. The van der Waals surface area contributed by atoms with Gasteiger partial charge >= 0.3 is 0 Å². The molecular weight excluding hydrogens is 1290 g/mol. The molecule has 2 aliphatic heterocycles. The number of nitrogens with zero attached hydrogens (tertiary/aromatic N) is 6. The third-order valence-corrected chi connectivity index (χ3v) is 18.6. The quantitative estimate of drug-likeness (QED) is 0.146. The fourth-order valence-corrected chi connectivity index (χ4v) is 10.5. The molecule has 3 aromatic heterocycles. The van der Waals surface area contributed by atoms with E-state index in [-0.39, 0.29) is 0 Å². The van der Waals surface area contributed by atoms with E-state index in [2.05, 4.69) is 153 Å². The first-order valence-electron chi connectivity index (χ1n) is 14.1. The number of halogens is 11. The van der Waals surface area contributed by atoms with E-state index >= 15 is 0 Å².